The molecular weight excluding hydrogens is 270 g/mol. The molecule has 0 unspecified atom stereocenters. The first-order chi connectivity index (χ1) is 8.54. The van der Waals surface area contributed by atoms with Crippen LogP contribution in [0.25, 0.3) is 10.2 Å². The second kappa shape index (κ2) is 5.54. The molecule has 1 amide bonds. The van der Waals surface area contributed by atoms with Gasteiger partial charge in [-0.15, -0.1) is 0 Å². The molecule has 0 bridgehead atoms. The average molecular weight is 284 g/mol. The van der Waals surface area contributed by atoms with Crippen LogP contribution in [0.3, 0.4) is 0 Å². The number of nitrogens with one attached hydrogen (secondary N) is 2. The third-order valence-electron chi connectivity index (χ3n) is 2.20. The maximum atomic E-state index is 11.5. The van der Waals surface area contributed by atoms with E-state index in [1.54, 1.807) is 0 Å². The van der Waals surface area contributed by atoms with Gasteiger partial charge in [-0.05, 0) is 32.0 Å². The van der Waals surface area contributed by atoms with E-state index >= 15 is 0 Å². The number of hydrogen-bond donors (Lipinski definition) is 2. The quantitative estimate of drug-likeness (QED) is 0.907. The van der Waals surface area contributed by atoms with Crippen LogP contribution in [0.1, 0.15) is 13.8 Å². The second-order valence-corrected chi connectivity index (χ2v) is 5.67. The van der Waals surface area contributed by atoms with Crippen molar-refractivity contribution < 1.29 is 4.79 Å². The summed E-state index contributed by atoms with van der Waals surface area (Å²) in [6.07, 6.45) is 0. The first-order valence-electron chi connectivity index (χ1n) is 5.64. The molecule has 96 valence electrons. The number of aromatic nitrogens is 1. The van der Waals surface area contributed by atoms with Crippen molar-refractivity contribution >= 4 is 44.2 Å². The molecule has 0 radical (unpaired) electrons. The summed E-state index contributed by atoms with van der Waals surface area (Å²) in [5.74, 6) is -0.0395. The van der Waals surface area contributed by atoms with Crippen molar-refractivity contribution in [3.8, 4) is 0 Å². The van der Waals surface area contributed by atoms with Gasteiger partial charge < -0.3 is 10.6 Å². The minimum Gasteiger partial charge on any atom is -0.352 e. The minimum absolute atomic E-state index is 0.0395. The Hall–Kier alpha value is -1.33. The molecule has 1 heterocycles. The number of carbonyl (C=O) groups is 1. The van der Waals surface area contributed by atoms with Gasteiger partial charge >= 0.3 is 0 Å². The fourth-order valence-electron chi connectivity index (χ4n) is 1.51. The van der Waals surface area contributed by atoms with Crippen LogP contribution in [-0.4, -0.2) is 23.5 Å². The Bertz CT molecular complexity index is 567. The molecule has 1 aromatic carbocycles. The molecule has 0 aliphatic rings. The number of nitrogens with zero attached hydrogens (tertiary/aromatic N) is 1. The lowest BCUT2D eigenvalue weighted by Crippen LogP contribution is -2.34. The third kappa shape index (κ3) is 3.34. The highest BCUT2D eigenvalue weighted by molar-refractivity contribution is 7.22. The zero-order valence-electron chi connectivity index (χ0n) is 10.2. The molecule has 1 aromatic heterocycles. The van der Waals surface area contributed by atoms with Crippen molar-refractivity contribution in [2.24, 2.45) is 0 Å². The van der Waals surface area contributed by atoms with Gasteiger partial charge in [0.05, 0.1) is 16.8 Å². The summed E-state index contributed by atoms with van der Waals surface area (Å²) in [4.78, 5) is 15.8. The van der Waals surface area contributed by atoms with Crippen LogP contribution >= 0.6 is 22.9 Å². The molecule has 0 spiro atoms. The number of fused-ring (bicyclic) bond motifs is 1. The fraction of sp³-hybridized carbons (Fsp3) is 0.333. The van der Waals surface area contributed by atoms with Gasteiger partial charge in [0.15, 0.2) is 5.13 Å². The monoisotopic (exact) mass is 283 g/mol. The molecule has 0 saturated heterocycles. The van der Waals surface area contributed by atoms with Crippen molar-refractivity contribution in [1.82, 2.24) is 10.3 Å². The Kier molecular flexibility index (Phi) is 4.04. The van der Waals surface area contributed by atoms with Crippen LogP contribution in [-0.2, 0) is 4.79 Å². The largest absolute Gasteiger partial charge is 0.352 e. The Labute approximate surface area is 114 Å². The van der Waals surface area contributed by atoms with Gasteiger partial charge in [-0.1, -0.05) is 22.9 Å². The predicted octanol–water partition coefficient (Wildman–Crippen LogP) is 2.89. The lowest BCUT2D eigenvalue weighted by atomic mass is 10.3. The second-order valence-electron chi connectivity index (χ2n) is 4.21. The maximum Gasteiger partial charge on any atom is 0.239 e. The van der Waals surface area contributed by atoms with Crippen LogP contribution in [0.5, 0.6) is 0 Å². The number of amides is 1. The maximum absolute atomic E-state index is 11.5. The standard InChI is InChI=1S/C12H14ClN3OS/c1-7(2)15-11(17)6-14-12-16-9-5-8(13)3-4-10(9)18-12/h3-5,7H,6H2,1-2H3,(H,14,16)(H,15,17). The molecule has 18 heavy (non-hydrogen) atoms. The van der Waals surface area contributed by atoms with Gasteiger partial charge in [0.1, 0.15) is 0 Å². The first-order valence-corrected chi connectivity index (χ1v) is 6.83. The Balaban J connectivity index is 2.02. The molecule has 2 N–H and O–H groups in total. The SMILES string of the molecule is CC(C)NC(=O)CNc1nc2cc(Cl)ccc2s1. The smallest absolute Gasteiger partial charge is 0.239 e. The molecule has 0 fully saturated rings. The Morgan fingerprint density at radius 3 is 3.00 bits per heavy atom. The number of benzene rings is 1. The van der Waals surface area contributed by atoms with Crippen molar-refractivity contribution in [3.05, 3.63) is 23.2 Å². The highest BCUT2D eigenvalue weighted by Crippen LogP contribution is 2.27. The summed E-state index contributed by atoms with van der Waals surface area (Å²) in [5, 5.41) is 7.21. The van der Waals surface area contributed by atoms with E-state index in [-0.39, 0.29) is 18.5 Å². The zero-order chi connectivity index (χ0) is 13.1. The number of halogens is 1. The van der Waals surface area contributed by atoms with Gasteiger partial charge in [-0.25, -0.2) is 4.98 Å². The first kappa shape index (κ1) is 13.1. The van der Waals surface area contributed by atoms with E-state index in [1.165, 1.54) is 11.3 Å². The Morgan fingerprint density at radius 1 is 1.50 bits per heavy atom. The van der Waals surface area contributed by atoms with E-state index in [0.29, 0.717) is 5.02 Å². The molecule has 0 saturated carbocycles. The molecule has 2 aromatic rings. The van der Waals surface area contributed by atoms with Crippen LogP contribution in [0.2, 0.25) is 5.02 Å². The summed E-state index contributed by atoms with van der Waals surface area (Å²) >= 11 is 7.40. The van der Waals surface area contributed by atoms with Crippen molar-refractivity contribution in [3.63, 3.8) is 0 Å². The third-order valence-corrected chi connectivity index (χ3v) is 3.43. The van der Waals surface area contributed by atoms with Crippen LogP contribution in [0.4, 0.5) is 5.13 Å². The van der Waals surface area contributed by atoms with E-state index in [0.717, 1.165) is 15.3 Å². The van der Waals surface area contributed by atoms with E-state index in [4.69, 9.17) is 11.6 Å². The molecule has 0 aliphatic carbocycles. The normalized spacial score (nSPS) is 10.9. The molecule has 6 heteroatoms. The van der Waals surface area contributed by atoms with Crippen molar-refractivity contribution in [1.29, 1.82) is 0 Å². The summed E-state index contributed by atoms with van der Waals surface area (Å²) in [5.41, 5.74) is 0.847. The van der Waals surface area contributed by atoms with Crippen molar-refractivity contribution in [2.75, 3.05) is 11.9 Å². The van der Waals surface area contributed by atoms with Crippen LogP contribution < -0.4 is 10.6 Å². The van der Waals surface area contributed by atoms with E-state index in [9.17, 15) is 4.79 Å². The predicted molar refractivity (Wildman–Crippen MR) is 76.4 cm³/mol. The molecular formula is C12H14ClN3OS. The van der Waals surface area contributed by atoms with E-state index in [2.05, 4.69) is 15.6 Å². The van der Waals surface area contributed by atoms with Crippen LogP contribution in [0.15, 0.2) is 18.2 Å². The average Bonchev–Trinajstić information content (AvgIpc) is 2.67. The number of carbonyl (C=O) groups excluding carboxylic acids is 1. The lowest BCUT2D eigenvalue weighted by molar-refractivity contribution is -0.119. The number of thiazole rings is 1. The zero-order valence-corrected chi connectivity index (χ0v) is 11.7. The molecule has 0 aliphatic heterocycles. The summed E-state index contributed by atoms with van der Waals surface area (Å²) < 4.78 is 1.05. The molecule has 4 nitrogen and oxygen atoms in total. The lowest BCUT2D eigenvalue weighted by Gasteiger charge is -2.07. The van der Waals surface area contributed by atoms with E-state index in [1.807, 2.05) is 32.0 Å². The van der Waals surface area contributed by atoms with Gasteiger partial charge in [0.2, 0.25) is 5.91 Å². The fourth-order valence-corrected chi connectivity index (χ4v) is 2.51. The van der Waals surface area contributed by atoms with Gasteiger partial charge in [-0.2, -0.15) is 0 Å². The van der Waals surface area contributed by atoms with Gasteiger partial charge in [0, 0.05) is 11.1 Å². The van der Waals surface area contributed by atoms with E-state index < -0.39 is 0 Å². The highest BCUT2D eigenvalue weighted by Gasteiger charge is 2.07. The highest BCUT2D eigenvalue weighted by atomic mass is 35.5. The Morgan fingerprint density at radius 2 is 2.28 bits per heavy atom. The number of anilines is 1. The molecule has 0 atom stereocenters. The minimum atomic E-state index is -0.0395. The summed E-state index contributed by atoms with van der Waals surface area (Å²) in [6, 6.07) is 5.71. The van der Waals surface area contributed by atoms with Crippen molar-refractivity contribution in [2.45, 2.75) is 19.9 Å². The topological polar surface area (TPSA) is 54.0 Å². The summed E-state index contributed by atoms with van der Waals surface area (Å²) in [7, 11) is 0. The number of hydrogen-bond acceptors (Lipinski definition) is 4. The van der Waals surface area contributed by atoms with Gasteiger partial charge in [0.25, 0.3) is 0 Å². The molecule has 2 rings (SSSR count). The van der Waals surface area contributed by atoms with Crippen LogP contribution in [0, 0.1) is 0 Å². The van der Waals surface area contributed by atoms with Gasteiger partial charge in [-0.3, -0.25) is 4.79 Å². The number of rotatable bonds is 4. The summed E-state index contributed by atoms with van der Waals surface area (Å²) in [6.45, 7) is 4.08.